The second-order valence-electron chi connectivity index (χ2n) is 6.37. The van der Waals surface area contributed by atoms with Crippen LogP contribution in [0.25, 0.3) is 0 Å². The Kier molecular flexibility index (Phi) is 6.02. The van der Waals surface area contributed by atoms with Crippen LogP contribution in [-0.2, 0) is 6.54 Å². The normalized spacial score (nSPS) is 19.4. The van der Waals surface area contributed by atoms with Crippen molar-refractivity contribution < 1.29 is 0 Å². The molecule has 1 N–H and O–H groups in total. The van der Waals surface area contributed by atoms with Crippen LogP contribution in [0.3, 0.4) is 0 Å². The molecule has 0 aliphatic carbocycles. The maximum absolute atomic E-state index is 3.77. The van der Waals surface area contributed by atoms with Gasteiger partial charge in [-0.05, 0) is 52.5 Å². The molecule has 0 radical (unpaired) electrons. The van der Waals surface area contributed by atoms with E-state index in [2.05, 4.69) is 66.5 Å². The zero-order valence-corrected chi connectivity index (χ0v) is 13.2. The Bertz CT molecular complexity index is 369. The first kappa shape index (κ1) is 15.5. The van der Waals surface area contributed by atoms with Crippen molar-refractivity contribution in [1.82, 2.24) is 15.1 Å². The lowest BCUT2D eigenvalue weighted by Gasteiger charge is -2.34. The van der Waals surface area contributed by atoms with Crippen LogP contribution in [0.15, 0.2) is 30.3 Å². The molecule has 3 nitrogen and oxygen atoms in total. The highest BCUT2D eigenvalue weighted by atomic mass is 15.2. The van der Waals surface area contributed by atoms with E-state index in [1.54, 1.807) is 0 Å². The number of benzene rings is 1. The first-order valence-corrected chi connectivity index (χ1v) is 7.80. The molecule has 1 aliphatic rings. The molecule has 0 bridgehead atoms. The van der Waals surface area contributed by atoms with Gasteiger partial charge in [-0.2, -0.15) is 0 Å². The summed E-state index contributed by atoms with van der Waals surface area (Å²) in [5.41, 5.74) is 1.43. The number of hydrogen-bond donors (Lipinski definition) is 1. The number of piperidine rings is 1. The average molecular weight is 275 g/mol. The fraction of sp³-hybridized carbons (Fsp3) is 0.647. The number of likely N-dealkylation sites (tertiary alicyclic amines) is 1. The molecule has 0 spiro atoms. The Morgan fingerprint density at radius 2 is 1.85 bits per heavy atom. The predicted octanol–water partition coefficient (Wildman–Crippen LogP) is 2.19. The van der Waals surface area contributed by atoms with E-state index in [9.17, 15) is 0 Å². The summed E-state index contributed by atoms with van der Waals surface area (Å²) in [6, 6.07) is 12.1. The Balaban J connectivity index is 1.70. The quantitative estimate of drug-likeness (QED) is 0.858. The van der Waals surface area contributed by atoms with Crippen LogP contribution in [0.5, 0.6) is 0 Å². The first-order valence-electron chi connectivity index (χ1n) is 7.80. The van der Waals surface area contributed by atoms with Gasteiger partial charge in [0.1, 0.15) is 0 Å². The maximum atomic E-state index is 3.77. The lowest BCUT2D eigenvalue weighted by molar-refractivity contribution is 0.181. The first-order chi connectivity index (χ1) is 9.63. The molecule has 20 heavy (non-hydrogen) atoms. The van der Waals surface area contributed by atoms with Crippen molar-refractivity contribution in [2.45, 2.75) is 38.4 Å². The third-order valence-corrected chi connectivity index (χ3v) is 4.00. The molecular formula is C17H29N3. The highest BCUT2D eigenvalue weighted by Gasteiger charge is 2.20. The van der Waals surface area contributed by atoms with E-state index in [4.69, 9.17) is 0 Å². The van der Waals surface area contributed by atoms with E-state index in [0.717, 1.165) is 13.1 Å². The summed E-state index contributed by atoms with van der Waals surface area (Å²) in [6.07, 6.45) is 2.54. The highest BCUT2D eigenvalue weighted by Crippen LogP contribution is 2.14. The van der Waals surface area contributed by atoms with Gasteiger partial charge in [0, 0.05) is 25.2 Å². The van der Waals surface area contributed by atoms with Gasteiger partial charge in [0.25, 0.3) is 0 Å². The van der Waals surface area contributed by atoms with Gasteiger partial charge in [-0.15, -0.1) is 0 Å². The number of likely N-dealkylation sites (N-methyl/N-ethyl adjacent to an activating group) is 1. The lowest BCUT2D eigenvalue weighted by Crippen LogP contribution is -2.47. The minimum Gasteiger partial charge on any atom is -0.310 e. The van der Waals surface area contributed by atoms with Crippen molar-refractivity contribution >= 4 is 0 Å². The number of nitrogens with one attached hydrogen (secondary N) is 1. The third kappa shape index (κ3) is 5.23. The smallest absolute Gasteiger partial charge is 0.0233 e. The largest absolute Gasteiger partial charge is 0.310 e. The number of nitrogens with zero attached hydrogens (tertiary/aromatic N) is 2. The lowest BCUT2D eigenvalue weighted by atomic mass is 10.0. The minimum absolute atomic E-state index is 0.579. The van der Waals surface area contributed by atoms with Crippen LogP contribution in [0.2, 0.25) is 0 Å². The van der Waals surface area contributed by atoms with Gasteiger partial charge in [-0.25, -0.2) is 0 Å². The number of rotatable bonds is 6. The van der Waals surface area contributed by atoms with Crippen LogP contribution in [0.4, 0.5) is 0 Å². The molecule has 1 unspecified atom stereocenters. The molecule has 0 amide bonds. The van der Waals surface area contributed by atoms with E-state index in [1.165, 1.54) is 31.5 Å². The molecule has 0 saturated carbocycles. The SMILES string of the molecule is CC(CN(C)C)NC1CCN(Cc2ccccc2)CC1. The molecular weight excluding hydrogens is 246 g/mol. The molecule has 0 aromatic heterocycles. The van der Waals surface area contributed by atoms with Crippen molar-refractivity contribution in [3.8, 4) is 0 Å². The van der Waals surface area contributed by atoms with E-state index >= 15 is 0 Å². The Morgan fingerprint density at radius 1 is 1.20 bits per heavy atom. The van der Waals surface area contributed by atoms with Crippen molar-refractivity contribution in [3.63, 3.8) is 0 Å². The fourth-order valence-corrected chi connectivity index (χ4v) is 3.10. The van der Waals surface area contributed by atoms with Crippen LogP contribution in [0, 0.1) is 0 Å². The summed E-state index contributed by atoms with van der Waals surface area (Å²) < 4.78 is 0. The second-order valence-corrected chi connectivity index (χ2v) is 6.37. The summed E-state index contributed by atoms with van der Waals surface area (Å²) >= 11 is 0. The highest BCUT2D eigenvalue weighted by molar-refractivity contribution is 5.14. The second kappa shape index (κ2) is 7.77. The van der Waals surface area contributed by atoms with Gasteiger partial charge < -0.3 is 10.2 Å². The fourth-order valence-electron chi connectivity index (χ4n) is 3.10. The van der Waals surface area contributed by atoms with Crippen LogP contribution in [-0.4, -0.2) is 55.6 Å². The molecule has 2 rings (SSSR count). The monoisotopic (exact) mass is 275 g/mol. The third-order valence-electron chi connectivity index (χ3n) is 4.00. The molecule has 1 fully saturated rings. The summed E-state index contributed by atoms with van der Waals surface area (Å²) in [6.45, 7) is 6.92. The molecule has 1 aromatic rings. The maximum Gasteiger partial charge on any atom is 0.0233 e. The predicted molar refractivity (Wildman–Crippen MR) is 85.9 cm³/mol. The van der Waals surface area contributed by atoms with Gasteiger partial charge >= 0.3 is 0 Å². The van der Waals surface area contributed by atoms with Crippen LogP contribution < -0.4 is 5.32 Å². The van der Waals surface area contributed by atoms with E-state index in [1.807, 2.05) is 0 Å². The summed E-state index contributed by atoms with van der Waals surface area (Å²) in [5.74, 6) is 0. The van der Waals surface area contributed by atoms with Gasteiger partial charge in [-0.3, -0.25) is 4.90 Å². The Hall–Kier alpha value is -0.900. The van der Waals surface area contributed by atoms with Crippen molar-refractivity contribution in [3.05, 3.63) is 35.9 Å². The Labute approximate surface area is 124 Å². The van der Waals surface area contributed by atoms with Crippen molar-refractivity contribution in [2.24, 2.45) is 0 Å². The molecule has 1 atom stereocenters. The van der Waals surface area contributed by atoms with Crippen molar-refractivity contribution in [1.29, 1.82) is 0 Å². The van der Waals surface area contributed by atoms with Gasteiger partial charge in [0.2, 0.25) is 0 Å². The molecule has 3 heteroatoms. The summed E-state index contributed by atoms with van der Waals surface area (Å²) in [5, 5.41) is 3.77. The standard InChI is InChI=1S/C17H29N3/c1-15(13-19(2)3)18-17-9-11-20(12-10-17)14-16-7-5-4-6-8-16/h4-8,15,17-18H,9-14H2,1-3H3. The van der Waals surface area contributed by atoms with E-state index < -0.39 is 0 Å². The number of hydrogen-bond acceptors (Lipinski definition) is 3. The molecule has 1 aliphatic heterocycles. The van der Waals surface area contributed by atoms with Gasteiger partial charge in [0.05, 0.1) is 0 Å². The average Bonchev–Trinajstić information content (AvgIpc) is 2.41. The minimum atomic E-state index is 0.579. The summed E-state index contributed by atoms with van der Waals surface area (Å²) in [7, 11) is 4.28. The van der Waals surface area contributed by atoms with Crippen LogP contribution >= 0.6 is 0 Å². The molecule has 1 heterocycles. The molecule has 1 aromatic carbocycles. The van der Waals surface area contributed by atoms with Gasteiger partial charge in [-0.1, -0.05) is 30.3 Å². The summed E-state index contributed by atoms with van der Waals surface area (Å²) in [4.78, 5) is 4.83. The molecule has 112 valence electrons. The topological polar surface area (TPSA) is 18.5 Å². The van der Waals surface area contributed by atoms with Gasteiger partial charge in [0.15, 0.2) is 0 Å². The van der Waals surface area contributed by atoms with E-state index in [-0.39, 0.29) is 0 Å². The Morgan fingerprint density at radius 3 is 2.45 bits per heavy atom. The molecule has 1 saturated heterocycles. The zero-order chi connectivity index (χ0) is 14.4. The van der Waals surface area contributed by atoms with Crippen molar-refractivity contribution in [2.75, 3.05) is 33.7 Å². The van der Waals surface area contributed by atoms with Crippen LogP contribution in [0.1, 0.15) is 25.3 Å². The zero-order valence-electron chi connectivity index (χ0n) is 13.2. The van der Waals surface area contributed by atoms with E-state index in [0.29, 0.717) is 12.1 Å².